The number of hydrogen-bond acceptors (Lipinski definition) is 7. The average molecular weight is 530 g/mol. The van der Waals surface area contributed by atoms with E-state index in [9.17, 15) is 25.0 Å². The number of anilines is 2. The minimum absolute atomic E-state index is 0.171. The molecule has 2 atom stereocenters. The molecular weight excluding hydrogens is 511 g/mol. The van der Waals surface area contributed by atoms with Gasteiger partial charge in [-0.2, -0.15) is 0 Å². The maximum atomic E-state index is 15.1. The molecule has 0 radical (unpaired) electrons. The Labute approximate surface area is 216 Å². The number of non-ortho nitro benzene ring substituents is 1. The zero-order chi connectivity index (χ0) is 26.9. The van der Waals surface area contributed by atoms with E-state index < -0.39 is 40.6 Å². The molecule has 190 valence electrons. The van der Waals surface area contributed by atoms with Gasteiger partial charge in [0.15, 0.2) is 5.78 Å². The van der Waals surface area contributed by atoms with E-state index in [2.05, 4.69) is 0 Å². The Bertz CT molecular complexity index is 1570. The third-order valence-electron chi connectivity index (χ3n) is 5.93. The van der Waals surface area contributed by atoms with Crippen LogP contribution >= 0.6 is 7.52 Å². The van der Waals surface area contributed by atoms with E-state index in [1.54, 1.807) is 91.0 Å². The van der Waals surface area contributed by atoms with Gasteiger partial charge in [0.2, 0.25) is 0 Å². The molecule has 4 aromatic carbocycles. The molecule has 0 saturated carbocycles. The van der Waals surface area contributed by atoms with Gasteiger partial charge < -0.3 is 4.52 Å². The third kappa shape index (κ3) is 4.25. The van der Waals surface area contributed by atoms with Crippen LogP contribution in [0.5, 0.6) is 5.75 Å². The molecule has 0 aliphatic carbocycles. The molecule has 1 saturated heterocycles. The van der Waals surface area contributed by atoms with Gasteiger partial charge in [-0.15, -0.1) is 0 Å². The largest absolute Gasteiger partial charge is 0.427 e. The lowest BCUT2D eigenvalue weighted by Crippen LogP contribution is -2.32. The topological polar surface area (TPSA) is 136 Å². The molecule has 2 amide bonds. The summed E-state index contributed by atoms with van der Waals surface area (Å²) < 4.78 is 22.2. The Kier molecular flexibility index (Phi) is 6.36. The molecule has 0 aromatic heterocycles. The first-order valence-corrected chi connectivity index (χ1v) is 13.0. The Hall–Kier alpha value is -5.02. The molecule has 0 N–H and O–H groups in total. The van der Waals surface area contributed by atoms with E-state index in [-0.39, 0.29) is 17.0 Å². The van der Waals surface area contributed by atoms with Gasteiger partial charge in [0.05, 0.1) is 27.2 Å². The minimum Gasteiger partial charge on any atom is -0.427 e. The van der Waals surface area contributed by atoms with E-state index in [1.807, 2.05) is 0 Å². The number of hydrogen-bond donors (Lipinski definition) is 0. The second-order valence-corrected chi connectivity index (χ2v) is 10.4. The highest BCUT2D eigenvalue weighted by atomic mass is 31.2. The van der Waals surface area contributed by atoms with Crippen LogP contribution in [0.4, 0.5) is 27.5 Å². The maximum absolute atomic E-state index is 15.1. The number of nitrogens with zero attached hydrogens (tertiary/aromatic N) is 4. The van der Waals surface area contributed by atoms with Crippen LogP contribution in [0.15, 0.2) is 109 Å². The zero-order valence-corrected chi connectivity index (χ0v) is 20.5. The first-order valence-electron chi connectivity index (χ1n) is 11.3. The van der Waals surface area contributed by atoms with E-state index in [0.717, 1.165) is 22.9 Å². The van der Waals surface area contributed by atoms with Crippen molar-refractivity contribution in [3.63, 3.8) is 0 Å². The lowest BCUT2D eigenvalue weighted by atomic mass is 10.1. The SMILES string of the molecule is O=C1N(c2ccccc2)C(c2ccc([N+](=O)[O-])cc2[N+](=O)[O-])P(=O)(Oc2ccccc2)N1c1ccccc1. The molecule has 0 bridgehead atoms. The summed E-state index contributed by atoms with van der Waals surface area (Å²) in [6, 6.07) is 26.9. The van der Waals surface area contributed by atoms with Gasteiger partial charge in [-0.1, -0.05) is 54.6 Å². The van der Waals surface area contributed by atoms with E-state index in [4.69, 9.17) is 4.52 Å². The Balaban J connectivity index is 1.82. The number of urea groups is 1. The zero-order valence-electron chi connectivity index (χ0n) is 19.6. The van der Waals surface area contributed by atoms with Crippen LogP contribution in [0.2, 0.25) is 0 Å². The number of rotatable bonds is 7. The highest BCUT2D eigenvalue weighted by Crippen LogP contribution is 2.70. The third-order valence-corrected chi connectivity index (χ3v) is 8.49. The molecule has 1 fully saturated rings. The smallest absolute Gasteiger partial charge is 0.379 e. The summed E-state index contributed by atoms with van der Waals surface area (Å²) in [4.78, 5) is 37.2. The predicted octanol–water partition coefficient (Wildman–Crippen LogP) is 6.92. The van der Waals surface area contributed by atoms with Crippen molar-refractivity contribution in [1.29, 1.82) is 0 Å². The number of carbonyl (C=O) groups excluding carboxylic acids is 1. The molecule has 38 heavy (non-hydrogen) atoms. The molecule has 2 unspecified atom stereocenters. The van der Waals surface area contributed by atoms with E-state index in [1.165, 1.54) is 4.90 Å². The highest BCUT2D eigenvalue weighted by Gasteiger charge is 2.60. The second-order valence-electron chi connectivity index (χ2n) is 8.23. The van der Waals surface area contributed by atoms with Crippen LogP contribution in [0, 0.1) is 20.2 Å². The monoisotopic (exact) mass is 530 g/mol. The van der Waals surface area contributed by atoms with Crippen molar-refractivity contribution in [2.45, 2.75) is 5.78 Å². The van der Waals surface area contributed by atoms with Crippen LogP contribution in [-0.4, -0.2) is 15.9 Å². The Morgan fingerprint density at radius 1 is 0.737 bits per heavy atom. The summed E-state index contributed by atoms with van der Waals surface area (Å²) in [5.74, 6) is -1.34. The fourth-order valence-corrected chi connectivity index (χ4v) is 7.03. The molecule has 12 heteroatoms. The molecule has 0 spiro atoms. The van der Waals surface area contributed by atoms with Gasteiger partial charge in [-0.05, 0) is 42.5 Å². The fraction of sp³-hybridized carbons (Fsp3) is 0.0385. The number of amides is 2. The summed E-state index contributed by atoms with van der Waals surface area (Å²) >= 11 is 0. The van der Waals surface area contributed by atoms with Crippen molar-refractivity contribution in [1.82, 2.24) is 0 Å². The van der Waals surface area contributed by atoms with E-state index in [0.29, 0.717) is 5.69 Å². The lowest BCUT2D eigenvalue weighted by Gasteiger charge is -2.28. The Morgan fingerprint density at radius 2 is 1.29 bits per heavy atom. The second kappa shape index (κ2) is 9.79. The number of benzene rings is 4. The molecule has 4 aromatic rings. The lowest BCUT2D eigenvalue weighted by molar-refractivity contribution is -0.394. The first-order chi connectivity index (χ1) is 18.3. The molecular formula is C26H19N4O7P. The van der Waals surface area contributed by atoms with Crippen LogP contribution in [0.3, 0.4) is 0 Å². The maximum Gasteiger partial charge on any atom is 0.379 e. The van der Waals surface area contributed by atoms with Crippen molar-refractivity contribution in [2.24, 2.45) is 0 Å². The normalized spacial score (nSPS) is 18.8. The summed E-state index contributed by atoms with van der Waals surface area (Å²) in [7, 11) is -4.40. The van der Waals surface area contributed by atoms with Crippen molar-refractivity contribution >= 4 is 36.3 Å². The summed E-state index contributed by atoms with van der Waals surface area (Å²) in [6.07, 6.45) is 0. The molecule has 1 aliphatic rings. The van der Waals surface area contributed by atoms with Gasteiger partial charge >= 0.3 is 13.6 Å². The number of para-hydroxylation sites is 3. The predicted molar refractivity (Wildman–Crippen MR) is 140 cm³/mol. The van der Waals surface area contributed by atoms with Crippen LogP contribution < -0.4 is 14.1 Å². The summed E-state index contributed by atoms with van der Waals surface area (Å²) in [6.45, 7) is 0. The Morgan fingerprint density at radius 3 is 1.84 bits per heavy atom. The van der Waals surface area contributed by atoms with Gasteiger partial charge in [-0.25, -0.2) is 9.46 Å². The standard InChI is InChI=1S/C26H19N4O7P/c31-26-27(19-10-4-1-5-11-19)25(23-17-16-21(29(32)33)18-24(23)30(34)35)38(36,37-22-14-8-3-9-15-22)28(26)20-12-6-2-7-13-20/h1-18,25H. The van der Waals surface area contributed by atoms with Gasteiger partial charge in [0, 0.05) is 11.8 Å². The highest BCUT2D eigenvalue weighted by molar-refractivity contribution is 7.63. The number of nitro benzene ring substituents is 2. The molecule has 1 aliphatic heterocycles. The average Bonchev–Trinajstić information content (AvgIpc) is 3.15. The first kappa shape index (κ1) is 24.7. The van der Waals surface area contributed by atoms with Crippen molar-refractivity contribution in [3.8, 4) is 5.75 Å². The quantitative estimate of drug-likeness (QED) is 0.144. The van der Waals surface area contributed by atoms with Crippen molar-refractivity contribution < 1.29 is 23.7 Å². The van der Waals surface area contributed by atoms with Gasteiger partial charge in [0.25, 0.3) is 11.4 Å². The summed E-state index contributed by atoms with van der Waals surface area (Å²) in [5, 5.41) is 23.5. The fourth-order valence-electron chi connectivity index (χ4n) is 4.32. The van der Waals surface area contributed by atoms with Crippen molar-refractivity contribution in [2.75, 3.05) is 9.57 Å². The van der Waals surface area contributed by atoms with Gasteiger partial charge in [-0.3, -0.25) is 29.7 Å². The van der Waals surface area contributed by atoms with Crippen LogP contribution in [-0.2, 0) is 4.57 Å². The van der Waals surface area contributed by atoms with Crippen LogP contribution in [0.25, 0.3) is 0 Å². The number of nitro groups is 2. The van der Waals surface area contributed by atoms with E-state index >= 15 is 4.57 Å². The van der Waals surface area contributed by atoms with Crippen LogP contribution in [0.1, 0.15) is 11.3 Å². The minimum atomic E-state index is -4.40. The van der Waals surface area contributed by atoms with Gasteiger partial charge in [0.1, 0.15) is 5.75 Å². The molecule has 11 nitrogen and oxygen atoms in total. The van der Waals surface area contributed by atoms with Crippen molar-refractivity contribution in [3.05, 3.63) is 135 Å². The molecule has 5 rings (SSSR count). The number of carbonyl (C=O) groups is 1. The molecule has 1 heterocycles. The summed E-state index contributed by atoms with van der Waals surface area (Å²) in [5.41, 5.74) is -0.787.